The zero-order valence-corrected chi connectivity index (χ0v) is 11.5. The maximum absolute atomic E-state index is 5.76. The zero-order chi connectivity index (χ0) is 11.8. The number of ether oxygens (including phenoxy) is 1. The fraction of sp³-hybridized carbons (Fsp3) is 1.00. The Morgan fingerprint density at radius 2 is 2.06 bits per heavy atom. The lowest BCUT2D eigenvalue weighted by molar-refractivity contribution is 0.0543. The second-order valence-electron chi connectivity index (χ2n) is 5.13. The Morgan fingerprint density at radius 1 is 1.31 bits per heavy atom. The van der Waals surface area contributed by atoms with Crippen LogP contribution in [0.15, 0.2) is 0 Å². The van der Waals surface area contributed by atoms with Gasteiger partial charge in [0.05, 0.1) is 6.61 Å². The van der Waals surface area contributed by atoms with Gasteiger partial charge in [0.1, 0.15) is 0 Å². The van der Waals surface area contributed by atoms with Crippen molar-refractivity contribution in [3.8, 4) is 0 Å². The van der Waals surface area contributed by atoms with E-state index in [0.29, 0.717) is 5.92 Å². The standard InChI is InChI=1S/C13H26ClNO/c1-12(2)11-16-10-9-15(8-4-7-14)13-5-3-6-13/h12-13H,3-11H2,1-2H3. The van der Waals surface area contributed by atoms with E-state index >= 15 is 0 Å². The van der Waals surface area contributed by atoms with Gasteiger partial charge in [-0.1, -0.05) is 20.3 Å². The van der Waals surface area contributed by atoms with Crippen molar-refractivity contribution >= 4 is 11.6 Å². The lowest BCUT2D eigenvalue weighted by atomic mass is 9.91. The molecule has 2 nitrogen and oxygen atoms in total. The van der Waals surface area contributed by atoms with Crippen molar-refractivity contribution in [1.82, 2.24) is 4.90 Å². The highest BCUT2D eigenvalue weighted by Gasteiger charge is 2.23. The Morgan fingerprint density at radius 3 is 2.56 bits per heavy atom. The van der Waals surface area contributed by atoms with Crippen LogP contribution in [0.1, 0.15) is 39.5 Å². The molecule has 0 atom stereocenters. The van der Waals surface area contributed by atoms with Gasteiger partial charge >= 0.3 is 0 Å². The predicted molar refractivity (Wildman–Crippen MR) is 70.2 cm³/mol. The van der Waals surface area contributed by atoms with Gasteiger partial charge in [0.2, 0.25) is 0 Å². The van der Waals surface area contributed by atoms with Gasteiger partial charge < -0.3 is 4.74 Å². The first-order valence-corrected chi connectivity index (χ1v) is 7.15. The summed E-state index contributed by atoms with van der Waals surface area (Å²) in [6, 6.07) is 0.811. The van der Waals surface area contributed by atoms with Crippen molar-refractivity contribution < 1.29 is 4.74 Å². The first-order valence-electron chi connectivity index (χ1n) is 6.61. The Labute approximate surface area is 105 Å². The summed E-state index contributed by atoms with van der Waals surface area (Å²) in [5.41, 5.74) is 0. The molecular formula is C13H26ClNO. The highest BCUT2D eigenvalue weighted by atomic mass is 35.5. The average molecular weight is 248 g/mol. The molecule has 1 fully saturated rings. The van der Waals surface area contributed by atoms with Crippen LogP contribution in [0, 0.1) is 5.92 Å². The van der Waals surface area contributed by atoms with Crippen molar-refractivity contribution in [3.05, 3.63) is 0 Å². The summed E-state index contributed by atoms with van der Waals surface area (Å²) in [7, 11) is 0. The zero-order valence-electron chi connectivity index (χ0n) is 10.8. The highest BCUT2D eigenvalue weighted by Crippen LogP contribution is 2.24. The minimum Gasteiger partial charge on any atom is -0.380 e. The average Bonchev–Trinajstić information content (AvgIpc) is 2.17. The fourth-order valence-corrected chi connectivity index (χ4v) is 2.11. The quantitative estimate of drug-likeness (QED) is 0.459. The van der Waals surface area contributed by atoms with E-state index in [4.69, 9.17) is 16.3 Å². The summed E-state index contributed by atoms with van der Waals surface area (Å²) in [6.07, 6.45) is 5.23. The van der Waals surface area contributed by atoms with Gasteiger partial charge in [0.15, 0.2) is 0 Å². The summed E-state index contributed by atoms with van der Waals surface area (Å²) < 4.78 is 5.65. The first-order chi connectivity index (χ1) is 7.74. The largest absolute Gasteiger partial charge is 0.380 e. The first kappa shape index (κ1) is 14.3. The lowest BCUT2D eigenvalue weighted by Crippen LogP contribution is -2.42. The third-order valence-corrected chi connectivity index (χ3v) is 3.41. The number of rotatable bonds is 9. The van der Waals surface area contributed by atoms with E-state index in [-0.39, 0.29) is 0 Å². The van der Waals surface area contributed by atoms with Crippen molar-refractivity contribution in [2.45, 2.75) is 45.6 Å². The number of hydrogen-bond acceptors (Lipinski definition) is 2. The van der Waals surface area contributed by atoms with E-state index in [0.717, 1.165) is 44.6 Å². The van der Waals surface area contributed by atoms with E-state index in [1.54, 1.807) is 0 Å². The summed E-state index contributed by atoms with van der Waals surface area (Å²) >= 11 is 5.76. The molecule has 0 aromatic rings. The highest BCUT2D eigenvalue weighted by molar-refractivity contribution is 6.17. The van der Waals surface area contributed by atoms with Gasteiger partial charge in [0.25, 0.3) is 0 Å². The molecule has 0 aromatic carbocycles. The molecule has 1 aliphatic rings. The molecule has 1 saturated carbocycles. The molecule has 0 saturated heterocycles. The van der Waals surface area contributed by atoms with Crippen LogP contribution in [0.3, 0.4) is 0 Å². The molecule has 0 spiro atoms. The molecule has 3 heteroatoms. The topological polar surface area (TPSA) is 12.5 Å². The Hall–Kier alpha value is 0.210. The van der Waals surface area contributed by atoms with Crippen molar-refractivity contribution in [2.75, 3.05) is 32.2 Å². The van der Waals surface area contributed by atoms with Crippen LogP contribution in [-0.4, -0.2) is 43.1 Å². The van der Waals surface area contributed by atoms with E-state index in [1.165, 1.54) is 19.3 Å². The lowest BCUT2D eigenvalue weighted by Gasteiger charge is -2.37. The Bertz CT molecular complexity index is 171. The maximum Gasteiger partial charge on any atom is 0.0593 e. The third-order valence-electron chi connectivity index (χ3n) is 3.14. The minimum absolute atomic E-state index is 0.639. The van der Waals surface area contributed by atoms with Crippen LogP contribution >= 0.6 is 11.6 Å². The molecule has 0 amide bonds. The van der Waals surface area contributed by atoms with Crippen LogP contribution in [0.4, 0.5) is 0 Å². The molecule has 96 valence electrons. The van der Waals surface area contributed by atoms with Crippen LogP contribution in [0.25, 0.3) is 0 Å². The minimum atomic E-state index is 0.639. The van der Waals surface area contributed by atoms with Gasteiger partial charge in [-0.25, -0.2) is 0 Å². The molecular weight excluding hydrogens is 222 g/mol. The number of halogens is 1. The van der Waals surface area contributed by atoms with Gasteiger partial charge in [-0.2, -0.15) is 0 Å². The SMILES string of the molecule is CC(C)COCCN(CCCCl)C1CCC1. The van der Waals surface area contributed by atoms with Crippen molar-refractivity contribution in [2.24, 2.45) is 5.92 Å². The van der Waals surface area contributed by atoms with E-state index in [9.17, 15) is 0 Å². The number of hydrogen-bond donors (Lipinski definition) is 0. The monoisotopic (exact) mass is 247 g/mol. The van der Waals surface area contributed by atoms with Crippen LogP contribution in [-0.2, 0) is 4.74 Å². The van der Waals surface area contributed by atoms with Gasteiger partial charge in [-0.05, 0) is 31.7 Å². The fourth-order valence-electron chi connectivity index (χ4n) is 1.99. The second-order valence-corrected chi connectivity index (χ2v) is 5.51. The molecule has 0 aromatic heterocycles. The molecule has 0 N–H and O–H groups in total. The Kier molecular flexibility index (Phi) is 7.42. The second kappa shape index (κ2) is 8.32. The van der Waals surface area contributed by atoms with Gasteiger partial charge in [0, 0.05) is 25.1 Å². The molecule has 0 heterocycles. The van der Waals surface area contributed by atoms with E-state index < -0.39 is 0 Å². The van der Waals surface area contributed by atoms with Gasteiger partial charge in [-0.15, -0.1) is 11.6 Å². The molecule has 0 aliphatic heterocycles. The van der Waals surface area contributed by atoms with E-state index in [1.807, 2.05) is 0 Å². The van der Waals surface area contributed by atoms with Gasteiger partial charge in [-0.3, -0.25) is 4.90 Å². The number of nitrogens with zero attached hydrogens (tertiary/aromatic N) is 1. The summed E-state index contributed by atoms with van der Waals surface area (Å²) in [4.78, 5) is 2.56. The van der Waals surface area contributed by atoms with Crippen LogP contribution in [0.5, 0.6) is 0 Å². The summed E-state index contributed by atoms with van der Waals surface area (Å²) in [5.74, 6) is 1.41. The predicted octanol–water partition coefficient (Wildman–Crippen LogP) is 3.14. The van der Waals surface area contributed by atoms with Crippen molar-refractivity contribution in [3.63, 3.8) is 0 Å². The normalized spacial score (nSPS) is 17.1. The molecule has 0 unspecified atom stereocenters. The Balaban J connectivity index is 2.11. The summed E-state index contributed by atoms with van der Waals surface area (Å²) in [5, 5.41) is 0. The molecule has 0 bridgehead atoms. The molecule has 0 radical (unpaired) electrons. The summed E-state index contributed by atoms with van der Waals surface area (Å²) in [6.45, 7) is 8.35. The number of alkyl halides is 1. The molecule has 16 heavy (non-hydrogen) atoms. The molecule has 1 aliphatic carbocycles. The maximum atomic E-state index is 5.76. The smallest absolute Gasteiger partial charge is 0.0593 e. The van der Waals surface area contributed by atoms with Crippen LogP contribution < -0.4 is 0 Å². The third kappa shape index (κ3) is 5.51. The van der Waals surface area contributed by atoms with E-state index in [2.05, 4.69) is 18.7 Å². The van der Waals surface area contributed by atoms with Crippen LogP contribution in [0.2, 0.25) is 0 Å². The van der Waals surface area contributed by atoms with Crippen molar-refractivity contribution in [1.29, 1.82) is 0 Å². The molecule has 1 rings (SSSR count).